The first-order chi connectivity index (χ1) is 10.2. The van der Waals surface area contributed by atoms with Crippen molar-refractivity contribution in [1.29, 1.82) is 0 Å². The zero-order chi connectivity index (χ0) is 15.5. The largest absolute Gasteiger partial charge is 0.383 e. The molecule has 0 radical (unpaired) electrons. The van der Waals surface area contributed by atoms with Crippen LogP contribution in [0.1, 0.15) is 44.7 Å². The third-order valence-electron chi connectivity index (χ3n) is 4.03. The third-order valence-corrected chi connectivity index (χ3v) is 4.03. The molecule has 1 aromatic carbocycles. The molecule has 1 aromatic rings. The van der Waals surface area contributed by atoms with E-state index >= 15 is 0 Å². The molecule has 21 heavy (non-hydrogen) atoms. The summed E-state index contributed by atoms with van der Waals surface area (Å²) in [7, 11) is 1.78. The third kappa shape index (κ3) is 6.60. The summed E-state index contributed by atoms with van der Waals surface area (Å²) >= 11 is 0. The maximum absolute atomic E-state index is 5.26. The van der Waals surface area contributed by atoms with Crippen LogP contribution in [0.3, 0.4) is 0 Å². The van der Waals surface area contributed by atoms with Gasteiger partial charge in [-0.2, -0.15) is 0 Å². The van der Waals surface area contributed by atoms with Gasteiger partial charge in [0.25, 0.3) is 0 Å². The van der Waals surface area contributed by atoms with E-state index in [0.29, 0.717) is 6.04 Å². The predicted molar refractivity (Wildman–Crippen MR) is 90.5 cm³/mol. The Hall–Kier alpha value is -0.900. The Balaban J connectivity index is 2.64. The van der Waals surface area contributed by atoms with Crippen molar-refractivity contribution in [2.75, 3.05) is 26.8 Å². The van der Waals surface area contributed by atoms with E-state index in [1.165, 1.54) is 24.0 Å². The maximum Gasteiger partial charge on any atom is 0.0589 e. The Morgan fingerprint density at radius 3 is 2.19 bits per heavy atom. The van der Waals surface area contributed by atoms with Gasteiger partial charge in [0.1, 0.15) is 0 Å². The number of hydrogen-bond acceptors (Lipinski definition) is 3. The molecule has 0 atom stereocenters. The lowest BCUT2D eigenvalue weighted by molar-refractivity contribution is 0.110. The minimum Gasteiger partial charge on any atom is -0.383 e. The molecule has 0 heterocycles. The minimum atomic E-state index is 0.640. The molecule has 120 valence electrons. The van der Waals surface area contributed by atoms with Crippen LogP contribution in [0.2, 0.25) is 0 Å². The van der Waals surface area contributed by atoms with Crippen molar-refractivity contribution in [3.8, 4) is 0 Å². The molecule has 0 spiro atoms. The number of nitrogens with zero attached hydrogens (tertiary/aromatic N) is 1. The quantitative estimate of drug-likeness (QED) is 0.676. The lowest BCUT2D eigenvalue weighted by Gasteiger charge is -2.30. The Bertz CT molecular complexity index is 360. The average molecular weight is 292 g/mol. The van der Waals surface area contributed by atoms with Crippen molar-refractivity contribution >= 4 is 0 Å². The summed E-state index contributed by atoms with van der Waals surface area (Å²) < 4.78 is 5.26. The number of benzene rings is 1. The standard InChI is InChI=1S/C18H32N2O/c1-5-18(6-2)20(12-13-21-4)15-17-10-8-16(9-11-17)14-19-7-3/h8-11,18-19H,5-7,12-15H2,1-4H3. The molecule has 0 aliphatic rings. The number of rotatable bonds is 11. The normalized spacial score (nSPS) is 11.5. The van der Waals surface area contributed by atoms with E-state index in [9.17, 15) is 0 Å². The van der Waals surface area contributed by atoms with Gasteiger partial charge in [0.15, 0.2) is 0 Å². The highest BCUT2D eigenvalue weighted by atomic mass is 16.5. The number of methoxy groups -OCH3 is 1. The second-order valence-electron chi connectivity index (χ2n) is 5.53. The van der Waals surface area contributed by atoms with Crippen LogP contribution < -0.4 is 5.32 Å². The summed E-state index contributed by atoms with van der Waals surface area (Å²) in [5, 5.41) is 3.36. The van der Waals surface area contributed by atoms with Crippen LogP contribution in [0, 0.1) is 0 Å². The van der Waals surface area contributed by atoms with Gasteiger partial charge in [0.05, 0.1) is 6.61 Å². The first-order valence-electron chi connectivity index (χ1n) is 8.26. The van der Waals surface area contributed by atoms with Crippen LogP contribution in [0.4, 0.5) is 0 Å². The summed E-state index contributed by atoms with van der Waals surface area (Å²) in [6.07, 6.45) is 2.39. The Morgan fingerprint density at radius 2 is 1.67 bits per heavy atom. The molecule has 3 nitrogen and oxygen atoms in total. The first kappa shape index (κ1) is 18.1. The molecule has 0 amide bonds. The van der Waals surface area contributed by atoms with E-state index in [1.54, 1.807) is 7.11 Å². The molecule has 0 aliphatic heterocycles. The van der Waals surface area contributed by atoms with Crippen molar-refractivity contribution in [3.05, 3.63) is 35.4 Å². The van der Waals surface area contributed by atoms with Crippen LogP contribution in [-0.4, -0.2) is 37.7 Å². The highest BCUT2D eigenvalue weighted by Crippen LogP contribution is 2.14. The van der Waals surface area contributed by atoms with Gasteiger partial charge in [-0.15, -0.1) is 0 Å². The van der Waals surface area contributed by atoms with Crippen LogP contribution in [-0.2, 0) is 17.8 Å². The summed E-state index contributed by atoms with van der Waals surface area (Å²) in [4.78, 5) is 2.54. The zero-order valence-electron chi connectivity index (χ0n) is 14.2. The molecule has 1 N–H and O–H groups in total. The van der Waals surface area contributed by atoms with Gasteiger partial charge in [-0.05, 0) is 30.5 Å². The van der Waals surface area contributed by atoms with E-state index < -0.39 is 0 Å². The van der Waals surface area contributed by atoms with E-state index in [4.69, 9.17) is 4.74 Å². The first-order valence-corrected chi connectivity index (χ1v) is 8.26. The highest BCUT2D eigenvalue weighted by Gasteiger charge is 2.15. The maximum atomic E-state index is 5.26. The van der Waals surface area contributed by atoms with Crippen LogP contribution in [0.5, 0.6) is 0 Å². The molecule has 1 rings (SSSR count). The minimum absolute atomic E-state index is 0.640. The molecule has 0 aliphatic carbocycles. The van der Waals surface area contributed by atoms with Crippen molar-refractivity contribution in [2.24, 2.45) is 0 Å². The van der Waals surface area contributed by atoms with Gasteiger partial charge < -0.3 is 10.1 Å². The van der Waals surface area contributed by atoms with Crippen molar-refractivity contribution in [1.82, 2.24) is 10.2 Å². The summed E-state index contributed by atoms with van der Waals surface area (Å²) in [6.45, 7) is 11.5. The summed E-state index contributed by atoms with van der Waals surface area (Å²) in [6, 6.07) is 9.63. The molecule has 0 aromatic heterocycles. The fourth-order valence-corrected chi connectivity index (χ4v) is 2.67. The lowest BCUT2D eigenvalue weighted by atomic mass is 10.1. The molecule has 0 bridgehead atoms. The van der Waals surface area contributed by atoms with Gasteiger partial charge in [0, 0.05) is 32.8 Å². The predicted octanol–water partition coefficient (Wildman–Crippen LogP) is 3.43. The molecule has 0 saturated carbocycles. The molecular weight excluding hydrogens is 260 g/mol. The van der Waals surface area contributed by atoms with Gasteiger partial charge in [-0.25, -0.2) is 0 Å². The second kappa shape index (κ2) is 10.8. The Morgan fingerprint density at radius 1 is 1.05 bits per heavy atom. The average Bonchev–Trinajstić information content (AvgIpc) is 2.52. The monoisotopic (exact) mass is 292 g/mol. The lowest BCUT2D eigenvalue weighted by Crippen LogP contribution is -2.36. The van der Waals surface area contributed by atoms with Gasteiger partial charge in [0.2, 0.25) is 0 Å². The number of nitrogens with one attached hydrogen (secondary N) is 1. The van der Waals surface area contributed by atoms with Crippen molar-refractivity contribution in [2.45, 2.75) is 52.7 Å². The topological polar surface area (TPSA) is 24.5 Å². The van der Waals surface area contributed by atoms with Gasteiger partial charge in [-0.3, -0.25) is 4.90 Å². The Labute approximate surface area is 130 Å². The number of ether oxygens (including phenoxy) is 1. The molecular formula is C18H32N2O. The molecule has 0 unspecified atom stereocenters. The summed E-state index contributed by atoms with van der Waals surface area (Å²) in [5.74, 6) is 0. The van der Waals surface area contributed by atoms with E-state index in [1.807, 2.05) is 0 Å². The number of hydrogen-bond donors (Lipinski definition) is 1. The van der Waals surface area contributed by atoms with Gasteiger partial charge >= 0.3 is 0 Å². The van der Waals surface area contributed by atoms with E-state index in [2.05, 4.69) is 55.3 Å². The van der Waals surface area contributed by atoms with Crippen LogP contribution in [0.15, 0.2) is 24.3 Å². The van der Waals surface area contributed by atoms with Crippen LogP contribution in [0.25, 0.3) is 0 Å². The highest BCUT2D eigenvalue weighted by molar-refractivity contribution is 5.22. The van der Waals surface area contributed by atoms with Gasteiger partial charge in [-0.1, -0.05) is 45.0 Å². The van der Waals surface area contributed by atoms with E-state index in [0.717, 1.165) is 32.8 Å². The second-order valence-corrected chi connectivity index (χ2v) is 5.53. The molecule has 0 fully saturated rings. The fraction of sp³-hybridized carbons (Fsp3) is 0.667. The summed E-state index contributed by atoms with van der Waals surface area (Å²) in [5.41, 5.74) is 2.74. The van der Waals surface area contributed by atoms with Crippen molar-refractivity contribution < 1.29 is 4.74 Å². The Kier molecular flexibility index (Phi) is 9.31. The van der Waals surface area contributed by atoms with E-state index in [-0.39, 0.29) is 0 Å². The fourth-order valence-electron chi connectivity index (χ4n) is 2.67. The zero-order valence-corrected chi connectivity index (χ0v) is 14.2. The molecule has 3 heteroatoms. The molecule has 0 saturated heterocycles. The SMILES string of the molecule is CCNCc1ccc(CN(CCOC)C(CC)CC)cc1. The van der Waals surface area contributed by atoms with Crippen molar-refractivity contribution in [3.63, 3.8) is 0 Å². The smallest absolute Gasteiger partial charge is 0.0589 e. The van der Waals surface area contributed by atoms with Crippen LogP contribution >= 0.6 is 0 Å².